The van der Waals surface area contributed by atoms with E-state index in [0.717, 1.165) is 5.56 Å². The Balaban J connectivity index is 1.96. The van der Waals surface area contributed by atoms with E-state index in [4.69, 9.17) is 4.52 Å². The average Bonchev–Trinajstić information content (AvgIpc) is 3.05. The lowest BCUT2D eigenvalue weighted by Crippen LogP contribution is -2.15. The number of hydrogen-bond acceptors (Lipinski definition) is 7. The summed E-state index contributed by atoms with van der Waals surface area (Å²) in [5.41, 5.74) is 0.926. The molecule has 0 spiro atoms. The van der Waals surface area contributed by atoms with Crippen molar-refractivity contribution in [1.29, 1.82) is 0 Å². The molecule has 3 aromatic rings. The summed E-state index contributed by atoms with van der Waals surface area (Å²) in [4.78, 5) is 12.7. The average molecular weight is 285 g/mol. The molecular weight excluding hydrogens is 270 g/mol. The number of aromatic nitrogens is 6. The number of aryl methyl sites for hydroxylation is 3. The molecule has 21 heavy (non-hydrogen) atoms. The highest BCUT2D eigenvalue weighted by atomic mass is 16.5. The standard InChI is InChI=1S/C13H15N7O/c1-8-14-5-4-11(16-8)18-12(10-6-15-20(3)7-10)13-17-9(2)21-19-13/h4-7,12H,1-3H3,(H,14,16,18). The second-order valence-electron chi connectivity index (χ2n) is 4.69. The van der Waals surface area contributed by atoms with Crippen molar-refractivity contribution in [3.63, 3.8) is 0 Å². The summed E-state index contributed by atoms with van der Waals surface area (Å²) in [6.45, 7) is 3.59. The predicted molar refractivity (Wildman–Crippen MR) is 74.5 cm³/mol. The summed E-state index contributed by atoms with van der Waals surface area (Å²) in [6, 6.07) is 1.51. The highest BCUT2D eigenvalue weighted by Crippen LogP contribution is 2.23. The summed E-state index contributed by atoms with van der Waals surface area (Å²) < 4.78 is 6.80. The maximum Gasteiger partial charge on any atom is 0.223 e. The van der Waals surface area contributed by atoms with Crippen LogP contribution < -0.4 is 5.32 Å². The molecule has 0 bridgehead atoms. The molecule has 0 radical (unpaired) electrons. The third-order valence-corrected chi connectivity index (χ3v) is 2.93. The fourth-order valence-corrected chi connectivity index (χ4v) is 2.00. The Labute approximate surface area is 121 Å². The molecule has 8 heteroatoms. The van der Waals surface area contributed by atoms with Crippen molar-refractivity contribution >= 4 is 5.82 Å². The molecule has 1 N–H and O–H groups in total. The van der Waals surface area contributed by atoms with Gasteiger partial charge >= 0.3 is 0 Å². The number of hydrogen-bond donors (Lipinski definition) is 1. The monoisotopic (exact) mass is 285 g/mol. The Bertz CT molecular complexity index is 708. The highest BCUT2D eigenvalue weighted by Gasteiger charge is 2.21. The van der Waals surface area contributed by atoms with Crippen LogP contribution >= 0.6 is 0 Å². The lowest BCUT2D eigenvalue weighted by molar-refractivity contribution is 0.386. The Morgan fingerprint density at radius 2 is 2.14 bits per heavy atom. The number of nitrogens with zero attached hydrogens (tertiary/aromatic N) is 6. The normalized spacial score (nSPS) is 12.3. The van der Waals surface area contributed by atoms with Gasteiger partial charge in [-0.05, 0) is 13.0 Å². The van der Waals surface area contributed by atoms with E-state index in [1.807, 2.05) is 20.2 Å². The zero-order valence-corrected chi connectivity index (χ0v) is 12.0. The first-order valence-electron chi connectivity index (χ1n) is 6.47. The SMILES string of the molecule is Cc1nccc(NC(c2cnn(C)c2)c2noc(C)n2)n1. The van der Waals surface area contributed by atoms with Crippen LogP contribution in [-0.2, 0) is 7.05 Å². The number of anilines is 1. The van der Waals surface area contributed by atoms with E-state index in [2.05, 4.69) is 30.5 Å². The lowest BCUT2D eigenvalue weighted by atomic mass is 10.1. The molecule has 0 aliphatic heterocycles. The van der Waals surface area contributed by atoms with Gasteiger partial charge in [-0.15, -0.1) is 0 Å². The van der Waals surface area contributed by atoms with Gasteiger partial charge in [0.15, 0.2) is 5.82 Å². The first kappa shape index (κ1) is 13.2. The Morgan fingerprint density at radius 1 is 1.29 bits per heavy atom. The fourth-order valence-electron chi connectivity index (χ4n) is 2.00. The minimum atomic E-state index is -0.287. The van der Waals surface area contributed by atoms with E-state index in [-0.39, 0.29) is 6.04 Å². The molecule has 0 aromatic carbocycles. The third-order valence-electron chi connectivity index (χ3n) is 2.93. The number of rotatable bonds is 4. The van der Waals surface area contributed by atoms with Crippen molar-refractivity contribution in [3.8, 4) is 0 Å². The van der Waals surface area contributed by atoms with Crippen molar-refractivity contribution < 1.29 is 4.52 Å². The molecule has 108 valence electrons. The summed E-state index contributed by atoms with van der Waals surface area (Å²) in [7, 11) is 1.86. The van der Waals surface area contributed by atoms with E-state index in [1.165, 1.54) is 0 Å². The molecule has 0 saturated heterocycles. The van der Waals surface area contributed by atoms with Crippen molar-refractivity contribution in [2.75, 3.05) is 5.32 Å². The molecule has 0 aliphatic carbocycles. The van der Waals surface area contributed by atoms with Gasteiger partial charge in [-0.25, -0.2) is 9.97 Å². The molecule has 1 atom stereocenters. The van der Waals surface area contributed by atoms with Crippen molar-refractivity contribution in [3.05, 3.63) is 47.8 Å². The molecule has 3 heterocycles. The van der Waals surface area contributed by atoms with Crippen molar-refractivity contribution in [2.24, 2.45) is 7.05 Å². The summed E-state index contributed by atoms with van der Waals surface area (Å²) in [6.07, 6.45) is 5.36. The van der Waals surface area contributed by atoms with Crippen LogP contribution in [0.3, 0.4) is 0 Å². The van der Waals surface area contributed by atoms with E-state index in [1.54, 1.807) is 30.1 Å². The van der Waals surface area contributed by atoms with Gasteiger partial charge in [-0.2, -0.15) is 10.1 Å². The van der Waals surface area contributed by atoms with E-state index >= 15 is 0 Å². The zero-order chi connectivity index (χ0) is 14.8. The van der Waals surface area contributed by atoms with Crippen LogP contribution in [0.15, 0.2) is 29.2 Å². The number of nitrogens with one attached hydrogen (secondary N) is 1. The molecule has 0 fully saturated rings. The maximum absolute atomic E-state index is 5.07. The van der Waals surface area contributed by atoms with Crippen molar-refractivity contribution in [1.82, 2.24) is 29.9 Å². The van der Waals surface area contributed by atoms with Crippen LogP contribution in [0.2, 0.25) is 0 Å². The minimum absolute atomic E-state index is 0.287. The first-order valence-corrected chi connectivity index (χ1v) is 6.47. The third kappa shape index (κ3) is 2.88. The molecule has 3 aromatic heterocycles. The van der Waals surface area contributed by atoms with Gasteiger partial charge in [-0.1, -0.05) is 5.16 Å². The minimum Gasteiger partial charge on any atom is -0.356 e. The first-order chi connectivity index (χ1) is 10.1. The summed E-state index contributed by atoms with van der Waals surface area (Å²) in [5, 5.41) is 11.5. The smallest absolute Gasteiger partial charge is 0.223 e. The van der Waals surface area contributed by atoms with Crippen LogP contribution in [0, 0.1) is 13.8 Å². The van der Waals surface area contributed by atoms with Gasteiger partial charge in [0.05, 0.1) is 6.20 Å². The van der Waals surface area contributed by atoms with Gasteiger partial charge in [0.25, 0.3) is 0 Å². The van der Waals surface area contributed by atoms with Gasteiger partial charge in [-0.3, -0.25) is 4.68 Å². The van der Waals surface area contributed by atoms with Gasteiger partial charge in [0.2, 0.25) is 5.89 Å². The topological polar surface area (TPSA) is 94.6 Å². The fraction of sp³-hybridized carbons (Fsp3) is 0.308. The van der Waals surface area contributed by atoms with Crippen LogP contribution in [0.1, 0.15) is 29.1 Å². The Hall–Kier alpha value is -2.77. The van der Waals surface area contributed by atoms with Crippen LogP contribution in [0.5, 0.6) is 0 Å². The Morgan fingerprint density at radius 3 is 2.76 bits per heavy atom. The summed E-state index contributed by atoms with van der Waals surface area (Å²) >= 11 is 0. The molecule has 0 saturated carbocycles. The largest absolute Gasteiger partial charge is 0.356 e. The zero-order valence-electron chi connectivity index (χ0n) is 12.0. The molecular formula is C13H15N7O. The van der Waals surface area contributed by atoms with Crippen LogP contribution in [0.4, 0.5) is 5.82 Å². The maximum atomic E-state index is 5.07. The van der Waals surface area contributed by atoms with Crippen LogP contribution in [-0.4, -0.2) is 29.9 Å². The van der Waals surface area contributed by atoms with Crippen molar-refractivity contribution in [2.45, 2.75) is 19.9 Å². The second-order valence-corrected chi connectivity index (χ2v) is 4.69. The summed E-state index contributed by atoms with van der Waals surface area (Å²) in [5.74, 6) is 2.43. The molecule has 0 amide bonds. The predicted octanol–water partition coefficient (Wildman–Crippen LogP) is 1.41. The van der Waals surface area contributed by atoms with Gasteiger partial charge < -0.3 is 9.84 Å². The van der Waals surface area contributed by atoms with E-state index in [0.29, 0.717) is 23.4 Å². The van der Waals surface area contributed by atoms with Crippen LogP contribution in [0.25, 0.3) is 0 Å². The molecule has 8 nitrogen and oxygen atoms in total. The lowest BCUT2D eigenvalue weighted by Gasteiger charge is -2.14. The second kappa shape index (κ2) is 5.31. The Kier molecular flexibility index (Phi) is 3.35. The van der Waals surface area contributed by atoms with E-state index < -0.39 is 0 Å². The molecule has 3 rings (SSSR count). The van der Waals surface area contributed by atoms with E-state index in [9.17, 15) is 0 Å². The van der Waals surface area contributed by atoms with Gasteiger partial charge in [0.1, 0.15) is 17.7 Å². The highest BCUT2D eigenvalue weighted by molar-refractivity contribution is 5.39. The molecule has 0 aliphatic rings. The van der Waals surface area contributed by atoms with Gasteiger partial charge in [0, 0.05) is 31.9 Å². The quantitative estimate of drug-likeness (QED) is 0.774. The molecule has 1 unspecified atom stereocenters.